The minimum atomic E-state index is -0.358. The quantitative estimate of drug-likeness (QED) is 0.531. The van der Waals surface area contributed by atoms with Crippen LogP contribution in [-0.2, 0) is 4.74 Å². The van der Waals surface area contributed by atoms with Gasteiger partial charge in [0.2, 0.25) is 5.95 Å². The molecule has 0 atom stereocenters. The highest BCUT2D eigenvalue weighted by atomic mass is 19.1. The maximum absolute atomic E-state index is 14.3. The van der Waals surface area contributed by atoms with Crippen molar-refractivity contribution in [2.75, 3.05) is 11.9 Å². The van der Waals surface area contributed by atoms with Gasteiger partial charge >= 0.3 is 0 Å². The van der Waals surface area contributed by atoms with Crippen LogP contribution in [0.15, 0.2) is 37.1 Å². The summed E-state index contributed by atoms with van der Waals surface area (Å²) >= 11 is 0. The molecule has 0 aromatic carbocycles. The van der Waals surface area contributed by atoms with E-state index in [2.05, 4.69) is 25.3 Å². The van der Waals surface area contributed by atoms with Crippen molar-refractivity contribution < 1.29 is 9.13 Å². The van der Waals surface area contributed by atoms with Crippen LogP contribution >= 0.6 is 0 Å². The van der Waals surface area contributed by atoms with Crippen LogP contribution in [0.1, 0.15) is 32.6 Å². The number of hydrogen-bond acceptors (Lipinski definition) is 5. The van der Waals surface area contributed by atoms with Crippen molar-refractivity contribution in [3.63, 3.8) is 0 Å². The van der Waals surface area contributed by atoms with Crippen molar-refractivity contribution >= 4 is 22.6 Å². The molecule has 1 aliphatic carbocycles. The van der Waals surface area contributed by atoms with Crippen LogP contribution in [0.25, 0.3) is 27.8 Å². The summed E-state index contributed by atoms with van der Waals surface area (Å²) < 4.78 is 21.7. The maximum atomic E-state index is 14.3. The number of ether oxygens (including phenoxy) is 1. The summed E-state index contributed by atoms with van der Waals surface area (Å²) in [4.78, 5) is 16.3. The SMILES string of the molecule is CCOC1CCC(Nc2ncc3c(-c4cc(F)c5nccn5c4)c[nH]c3n2)CC1. The minimum Gasteiger partial charge on any atom is -0.379 e. The zero-order chi connectivity index (χ0) is 19.8. The first-order valence-electron chi connectivity index (χ1n) is 10.1. The molecular formula is C21H23FN6O. The minimum absolute atomic E-state index is 0.315. The van der Waals surface area contributed by atoms with Gasteiger partial charge in [0.05, 0.1) is 6.10 Å². The Morgan fingerprint density at radius 3 is 2.97 bits per heavy atom. The Bertz CT molecular complexity index is 1140. The van der Waals surface area contributed by atoms with E-state index in [1.54, 1.807) is 23.0 Å². The number of aromatic amines is 1. The molecule has 4 heterocycles. The van der Waals surface area contributed by atoms with Gasteiger partial charge in [-0.2, -0.15) is 4.98 Å². The lowest BCUT2D eigenvalue weighted by atomic mass is 9.93. The van der Waals surface area contributed by atoms with Gasteiger partial charge in [-0.15, -0.1) is 0 Å². The number of rotatable bonds is 5. The first kappa shape index (κ1) is 18.1. The molecule has 4 aromatic rings. The average Bonchev–Trinajstić information content (AvgIpc) is 3.36. The molecule has 0 bridgehead atoms. The van der Waals surface area contributed by atoms with Gasteiger partial charge in [-0.25, -0.2) is 14.4 Å². The van der Waals surface area contributed by atoms with Gasteiger partial charge in [0.25, 0.3) is 0 Å². The fourth-order valence-corrected chi connectivity index (χ4v) is 4.15. The Kier molecular flexibility index (Phi) is 4.63. The first-order valence-corrected chi connectivity index (χ1v) is 10.1. The summed E-state index contributed by atoms with van der Waals surface area (Å²) in [6.07, 6.45) is 13.4. The molecule has 1 fully saturated rings. The lowest BCUT2D eigenvalue weighted by Crippen LogP contribution is -2.30. The highest BCUT2D eigenvalue weighted by molar-refractivity contribution is 5.93. The lowest BCUT2D eigenvalue weighted by Gasteiger charge is -2.28. The zero-order valence-electron chi connectivity index (χ0n) is 16.2. The van der Waals surface area contributed by atoms with Crippen molar-refractivity contribution in [1.29, 1.82) is 0 Å². The second-order valence-electron chi connectivity index (χ2n) is 7.47. The molecule has 4 aromatic heterocycles. The van der Waals surface area contributed by atoms with Crippen LogP contribution in [0.2, 0.25) is 0 Å². The summed E-state index contributed by atoms with van der Waals surface area (Å²) in [5, 5.41) is 4.30. The highest BCUT2D eigenvalue weighted by Gasteiger charge is 2.22. The summed E-state index contributed by atoms with van der Waals surface area (Å²) in [7, 11) is 0. The third kappa shape index (κ3) is 3.44. The van der Waals surface area contributed by atoms with Crippen LogP contribution in [0, 0.1) is 5.82 Å². The van der Waals surface area contributed by atoms with Crippen molar-refractivity contribution in [2.24, 2.45) is 0 Å². The molecule has 0 amide bonds. The number of imidazole rings is 1. The number of nitrogens with one attached hydrogen (secondary N) is 2. The number of hydrogen-bond donors (Lipinski definition) is 2. The Balaban J connectivity index is 1.37. The number of aromatic nitrogens is 5. The standard InChI is InChI=1S/C21H23FN6O/c1-2-29-15-5-3-14(4-6-15)26-21-25-11-17-16(10-24-19(17)27-21)13-9-18(22)20-23-7-8-28(20)12-13/h7-12,14-15H,2-6H2,1H3,(H2,24,25,26,27). The molecule has 0 radical (unpaired) electrons. The van der Waals surface area contributed by atoms with Gasteiger partial charge in [0.1, 0.15) is 5.65 Å². The molecule has 1 aliphatic rings. The van der Waals surface area contributed by atoms with Crippen LogP contribution < -0.4 is 5.32 Å². The van der Waals surface area contributed by atoms with Crippen molar-refractivity contribution in [1.82, 2.24) is 24.3 Å². The number of H-pyrrole nitrogens is 1. The van der Waals surface area contributed by atoms with Crippen molar-refractivity contribution in [3.05, 3.63) is 42.9 Å². The lowest BCUT2D eigenvalue weighted by molar-refractivity contribution is 0.0346. The van der Waals surface area contributed by atoms with E-state index in [0.29, 0.717) is 23.7 Å². The van der Waals surface area contributed by atoms with E-state index < -0.39 is 0 Å². The predicted octanol–water partition coefficient (Wildman–Crippen LogP) is 4.17. The fraction of sp³-hybridized carbons (Fsp3) is 0.381. The van der Waals surface area contributed by atoms with E-state index in [1.165, 1.54) is 6.07 Å². The Hall–Kier alpha value is -3.00. The largest absolute Gasteiger partial charge is 0.379 e. The number of fused-ring (bicyclic) bond motifs is 2. The van der Waals surface area contributed by atoms with Crippen LogP contribution in [-0.4, -0.2) is 43.1 Å². The summed E-state index contributed by atoms with van der Waals surface area (Å²) in [5.41, 5.74) is 2.65. The third-order valence-corrected chi connectivity index (χ3v) is 5.60. The molecule has 29 heavy (non-hydrogen) atoms. The van der Waals surface area contributed by atoms with Crippen LogP contribution in [0.4, 0.5) is 10.3 Å². The molecule has 7 nitrogen and oxygen atoms in total. The Labute approximate surface area is 167 Å². The van der Waals surface area contributed by atoms with E-state index in [9.17, 15) is 4.39 Å². The van der Waals surface area contributed by atoms with Gasteiger partial charge < -0.3 is 19.4 Å². The molecule has 2 N–H and O–H groups in total. The van der Waals surface area contributed by atoms with Crippen molar-refractivity contribution in [3.8, 4) is 11.1 Å². The fourth-order valence-electron chi connectivity index (χ4n) is 4.15. The molecule has 1 saturated carbocycles. The van der Waals surface area contributed by atoms with Crippen LogP contribution in [0.3, 0.4) is 0 Å². The van der Waals surface area contributed by atoms with Gasteiger partial charge in [-0.05, 0) is 38.7 Å². The van der Waals surface area contributed by atoms with Gasteiger partial charge in [0.15, 0.2) is 11.5 Å². The number of pyridine rings is 1. The molecule has 0 spiro atoms. The predicted molar refractivity (Wildman–Crippen MR) is 109 cm³/mol. The van der Waals surface area contributed by atoms with Gasteiger partial charge in [0, 0.05) is 60.1 Å². The summed E-state index contributed by atoms with van der Waals surface area (Å²) in [6.45, 7) is 2.81. The van der Waals surface area contributed by atoms with E-state index in [4.69, 9.17) is 4.74 Å². The Morgan fingerprint density at radius 1 is 1.28 bits per heavy atom. The second-order valence-corrected chi connectivity index (χ2v) is 7.47. The Morgan fingerprint density at radius 2 is 2.14 bits per heavy atom. The smallest absolute Gasteiger partial charge is 0.224 e. The average molecular weight is 394 g/mol. The number of nitrogens with zero attached hydrogens (tertiary/aromatic N) is 4. The van der Waals surface area contributed by atoms with E-state index in [-0.39, 0.29) is 5.82 Å². The normalized spacial score (nSPS) is 19.8. The van der Waals surface area contributed by atoms with Crippen molar-refractivity contribution in [2.45, 2.75) is 44.8 Å². The molecule has 0 aliphatic heterocycles. The third-order valence-electron chi connectivity index (χ3n) is 5.60. The van der Waals surface area contributed by atoms with E-state index >= 15 is 0 Å². The maximum Gasteiger partial charge on any atom is 0.224 e. The van der Waals surface area contributed by atoms with Gasteiger partial charge in [-0.1, -0.05) is 0 Å². The summed E-state index contributed by atoms with van der Waals surface area (Å²) in [6, 6.07) is 1.85. The number of halogens is 1. The molecular weight excluding hydrogens is 371 g/mol. The van der Waals surface area contributed by atoms with Crippen LogP contribution in [0.5, 0.6) is 0 Å². The summed E-state index contributed by atoms with van der Waals surface area (Å²) in [5.74, 6) is 0.255. The monoisotopic (exact) mass is 394 g/mol. The topological polar surface area (TPSA) is 80.1 Å². The van der Waals surface area contributed by atoms with E-state index in [0.717, 1.165) is 54.5 Å². The molecule has 150 valence electrons. The number of anilines is 1. The first-order chi connectivity index (χ1) is 14.2. The zero-order valence-corrected chi connectivity index (χ0v) is 16.2. The van der Waals surface area contributed by atoms with E-state index in [1.807, 2.05) is 19.3 Å². The second kappa shape index (κ2) is 7.44. The highest BCUT2D eigenvalue weighted by Crippen LogP contribution is 2.30. The molecule has 5 rings (SSSR count). The molecule has 0 unspecified atom stereocenters. The van der Waals surface area contributed by atoms with Gasteiger partial charge in [-0.3, -0.25) is 0 Å². The molecule has 0 saturated heterocycles. The molecule has 8 heteroatoms.